The van der Waals surface area contributed by atoms with Gasteiger partial charge in [0.15, 0.2) is 0 Å². The van der Waals surface area contributed by atoms with Gasteiger partial charge in [-0.25, -0.2) is 9.79 Å². The highest BCUT2D eigenvalue weighted by Crippen LogP contribution is 2.28. The predicted molar refractivity (Wildman–Crippen MR) is 79.2 cm³/mol. The second-order valence-corrected chi connectivity index (χ2v) is 4.86. The highest BCUT2D eigenvalue weighted by molar-refractivity contribution is 6.03. The molecule has 22 heavy (non-hydrogen) atoms. The third-order valence-electron chi connectivity index (χ3n) is 3.31. The summed E-state index contributed by atoms with van der Waals surface area (Å²) in [4.78, 5) is 14.6. The van der Waals surface area contributed by atoms with Gasteiger partial charge < -0.3 is 5.11 Å². The van der Waals surface area contributed by atoms with E-state index in [1.165, 1.54) is 31.2 Å². The topological polar surface area (TPSA) is 49.7 Å². The van der Waals surface area contributed by atoms with Gasteiger partial charge in [-0.1, -0.05) is 32.1 Å². The van der Waals surface area contributed by atoms with Gasteiger partial charge in [0.1, 0.15) is 5.70 Å². The van der Waals surface area contributed by atoms with Crippen LogP contribution in [-0.4, -0.2) is 23.0 Å². The van der Waals surface area contributed by atoms with Crippen molar-refractivity contribution in [1.82, 2.24) is 0 Å². The van der Waals surface area contributed by atoms with Crippen molar-refractivity contribution < 1.29 is 23.1 Å². The quantitative estimate of drug-likeness (QED) is 0.802. The van der Waals surface area contributed by atoms with Crippen molar-refractivity contribution in [3.05, 3.63) is 47.2 Å². The van der Waals surface area contributed by atoms with E-state index in [9.17, 15) is 18.0 Å². The van der Waals surface area contributed by atoms with E-state index < -0.39 is 17.8 Å². The minimum absolute atomic E-state index is 0.0781. The van der Waals surface area contributed by atoms with Crippen LogP contribution in [0.25, 0.3) is 0 Å². The lowest BCUT2D eigenvalue weighted by Crippen LogP contribution is -2.17. The van der Waals surface area contributed by atoms with Gasteiger partial charge in [0.25, 0.3) is 0 Å². The highest BCUT2D eigenvalue weighted by Gasteiger charge is 2.33. The van der Waals surface area contributed by atoms with E-state index in [1.807, 2.05) is 6.92 Å². The Labute approximate surface area is 127 Å². The zero-order valence-electron chi connectivity index (χ0n) is 12.6. The first-order valence-corrected chi connectivity index (χ1v) is 6.86. The van der Waals surface area contributed by atoms with Gasteiger partial charge in [-0.15, -0.1) is 0 Å². The van der Waals surface area contributed by atoms with Crippen LogP contribution >= 0.6 is 0 Å². The minimum atomic E-state index is -4.52. The molecule has 0 aliphatic carbocycles. The number of aromatic carboxylic acids is 1. The fraction of sp³-hybridized carbons (Fsp3) is 0.375. The van der Waals surface area contributed by atoms with Gasteiger partial charge in [-0.2, -0.15) is 13.2 Å². The molecule has 6 heteroatoms. The SMILES string of the molecule is C/C=C(\N=C(c1ccc(C(=O)O)cc1)C(C)CC)C(F)(F)F. The molecule has 1 N–H and O–H groups in total. The molecule has 0 spiro atoms. The largest absolute Gasteiger partial charge is 0.478 e. The van der Waals surface area contributed by atoms with Crippen LogP contribution in [0.2, 0.25) is 0 Å². The maximum atomic E-state index is 12.9. The van der Waals surface area contributed by atoms with Crippen molar-refractivity contribution in [3.63, 3.8) is 0 Å². The second-order valence-electron chi connectivity index (χ2n) is 4.86. The van der Waals surface area contributed by atoms with Crippen LogP contribution in [0.3, 0.4) is 0 Å². The maximum Gasteiger partial charge on any atom is 0.433 e. The number of carboxylic acids is 1. The van der Waals surface area contributed by atoms with Crippen LogP contribution < -0.4 is 0 Å². The average Bonchev–Trinajstić information content (AvgIpc) is 2.46. The van der Waals surface area contributed by atoms with Crippen LogP contribution in [-0.2, 0) is 0 Å². The van der Waals surface area contributed by atoms with Crippen LogP contribution in [0.1, 0.15) is 43.1 Å². The van der Waals surface area contributed by atoms with Crippen LogP contribution in [0.4, 0.5) is 13.2 Å². The number of hydrogen-bond donors (Lipinski definition) is 1. The molecular weight excluding hydrogens is 295 g/mol. The number of hydrogen-bond acceptors (Lipinski definition) is 2. The van der Waals surface area contributed by atoms with Crippen LogP contribution in [0, 0.1) is 5.92 Å². The fourth-order valence-electron chi connectivity index (χ4n) is 1.86. The van der Waals surface area contributed by atoms with Gasteiger partial charge in [0, 0.05) is 0 Å². The van der Waals surface area contributed by atoms with Crippen molar-refractivity contribution in [1.29, 1.82) is 0 Å². The number of rotatable bonds is 5. The first-order chi connectivity index (χ1) is 10.2. The number of nitrogens with zero attached hydrogens (tertiary/aromatic N) is 1. The Kier molecular flexibility index (Phi) is 5.91. The van der Waals surface area contributed by atoms with Gasteiger partial charge in [-0.05, 0) is 37.0 Å². The van der Waals surface area contributed by atoms with Gasteiger partial charge in [-0.3, -0.25) is 0 Å². The molecule has 0 bridgehead atoms. The molecule has 0 aliphatic heterocycles. The molecule has 0 saturated heterocycles. The minimum Gasteiger partial charge on any atom is -0.478 e. The lowest BCUT2D eigenvalue weighted by atomic mass is 9.95. The molecule has 1 unspecified atom stereocenters. The number of alkyl halides is 3. The van der Waals surface area contributed by atoms with E-state index >= 15 is 0 Å². The molecule has 1 aromatic rings. The lowest BCUT2D eigenvalue weighted by molar-refractivity contribution is -0.0924. The Morgan fingerprint density at radius 1 is 1.27 bits per heavy atom. The van der Waals surface area contributed by atoms with Crippen molar-refractivity contribution in [3.8, 4) is 0 Å². The monoisotopic (exact) mass is 313 g/mol. The van der Waals surface area contributed by atoms with Crippen molar-refractivity contribution in [2.75, 3.05) is 0 Å². The summed E-state index contributed by atoms with van der Waals surface area (Å²) in [6.45, 7) is 4.93. The summed E-state index contributed by atoms with van der Waals surface area (Å²) in [5.41, 5.74) is -0.0905. The summed E-state index contributed by atoms with van der Waals surface area (Å²) in [6.07, 6.45) is -2.98. The molecule has 0 aromatic heterocycles. The van der Waals surface area contributed by atoms with Gasteiger partial charge >= 0.3 is 12.1 Å². The summed E-state index contributed by atoms with van der Waals surface area (Å²) in [6, 6.07) is 5.69. The zero-order valence-corrected chi connectivity index (χ0v) is 12.6. The summed E-state index contributed by atoms with van der Waals surface area (Å²) in [7, 11) is 0. The summed E-state index contributed by atoms with van der Waals surface area (Å²) in [5.74, 6) is -1.27. The Bertz CT molecular complexity index is 586. The van der Waals surface area contributed by atoms with E-state index in [2.05, 4.69) is 4.99 Å². The predicted octanol–water partition coefficient (Wildman–Crippen LogP) is 4.69. The molecule has 0 radical (unpaired) electrons. The third kappa shape index (κ3) is 4.44. The van der Waals surface area contributed by atoms with E-state index in [0.717, 1.165) is 6.08 Å². The summed E-state index contributed by atoms with van der Waals surface area (Å²) < 4.78 is 38.6. The van der Waals surface area contributed by atoms with Crippen molar-refractivity contribution in [2.45, 2.75) is 33.4 Å². The standard InChI is InChI=1S/C16H18F3NO2/c1-4-10(3)14(20-13(5-2)16(17,18)19)11-6-8-12(9-7-11)15(21)22/h5-10H,4H2,1-3H3,(H,21,22)/b13-5-,20-14?. The molecular formula is C16H18F3NO2. The van der Waals surface area contributed by atoms with Crippen LogP contribution in [0.5, 0.6) is 0 Å². The van der Waals surface area contributed by atoms with Crippen molar-refractivity contribution >= 4 is 11.7 Å². The van der Waals surface area contributed by atoms with Crippen LogP contribution in [0.15, 0.2) is 41.0 Å². The molecule has 1 rings (SSSR count). The molecule has 0 heterocycles. The van der Waals surface area contributed by atoms with E-state index in [4.69, 9.17) is 5.11 Å². The maximum absolute atomic E-state index is 12.9. The number of carboxylic acid groups (broad SMARTS) is 1. The summed E-state index contributed by atoms with van der Waals surface area (Å²) >= 11 is 0. The lowest BCUT2D eigenvalue weighted by Gasteiger charge is -2.16. The molecule has 0 saturated carbocycles. The first kappa shape index (κ1) is 17.9. The van der Waals surface area contributed by atoms with Gasteiger partial charge in [0.2, 0.25) is 0 Å². The molecule has 120 valence electrons. The molecule has 1 aromatic carbocycles. The number of halogens is 3. The van der Waals surface area contributed by atoms with Gasteiger partial charge in [0.05, 0.1) is 11.3 Å². The van der Waals surface area contributed by atoms with E-state index in [1.54, 1.807) is 6.92 Å². The average molecular weight is 313 g/mol. The number of allylic oxidation sites excluding steroid dienone is 2. The Hall–Kier alpha value is -2.11. The summed E-state index contributed by atoms with van der Waals surface area (Å²) in [5, 5.41) is 8.87. The number of benzene rings is 1. The Morgan fingerprint density at radius 3 is 2.14 bits per heavy atom. The molecule has 3 nitrogen and oxygen atoms in total. The number of carbonyl (C=O) groups is 1. The Morgan fingerprint density at radius 2 is 1.77 bits per heavy atom. The third-order valence-corrected chi connectivity index (χ3v) is 3.31. The Balaban J connectivity index is 3.32. The molecule has 0 amide bonds. The molecule has 0 fully saturated rings. The first-order valence-electron chi connectivity index (χ1n) is 6.86. The zero-order chi connectivity index (χ0) is 16.9. The smallest absolute Gasteiger partial charge is 0.433 e. The van der Waals surface area contributed by atoms with E-state index in [-0.39, 0.29) is 11.5 Å². The highest BCUT2D eigenvalue weighted by atomic mass is 19.4. The number of aliphatic imine (C=N–C) groups is 1. The van der Waals surface area contributed by atoms with E-state index in [0.29, 0.717) is 17.7 Å². The van der Waals surface area contributed by atoms with Crippen molar-refractivity contribution in [2.24, 2.45) is 10.9 Å². The second kappa shape index (κ2) is 7.24. The molecule has 0 aliphatic rings. The normalized spacial score (nSPS) is 14.8. The fourth-order valence-corrected chi connectivity index (χ4v) is 1.86. The molecule has 1 atom stereocenters.